The van der Waals surface area contributed by atoms with Crippen LogP contribution in [0.4, 0.5) is 11.4 Å². The van der Waals surface area contributed by atoms with Crippen molar-refractivity contribution >= 4 is 35.1 Å². The Balaban J connectivity index is 1.56. The van der Waals surface area contributed by atoms with Gasteiger partial charge in [-0.05, 0) is 35.4 Å². The van der Waals surface area contributed by atoms with E-state index in [9.17, 15) is 29.4 Å². The van der Waals surface area contributed by atoms with Crippen LogP contribution in [-0.2, 0) is 19.2 Å². The Labute approximate surface area is 253 Å². The molecule has 2 heterocycles. The second-order valence-electron chi connectivity index (χ2n) is 10.8. The van der Waals surface area contributed by atoms with Gasteiger partial charge in [-0.25, -0.2) is 10.0 Å². The van der Waals surface area contributed by atoms with Crippen molar-refractivity contribution in [2.45, 2.75) is 24.2 Å². The van der Waals surface area contributed by atoms with E-state index in [0.717, 1.165) is 0 Å². The maximum Gasteiger partial charge on any atom is 0.310 e. The highest BCUT2D eigenvalue weighted by Gasteiger charge is 2.67. The zero-order valence-electron chi connectivity index (χ0n) is 23.4. The lowest BCUT2D eigenvalue weighted by molar-refractivity contribution is -0.147. The van der Waals surface area contributed by atoms with Crippen LogP contribution in [0.1, 0.15) is 23.2 Å². The van der Waals surface area contributed by atoms with E-state index in [2.05, 4.69) is 10.6 Å². The van der Waals surface area contributed by atoms with E-state index in [1.807, 2.05) is 0 Å². The monoisotopic (exact) mass is 590 g/mol. The molecule has 0 radical (unpaired) electrons. The molecule has 2 amide bonds. The highest BCUT2D eigenvalue weighted by atomic mass is 16.4. The third-order valence-electron chi connectivity index (χ3n) is 8.24. The van der Waals surface area contributed by atoms with E-state index in [-0.39, 0.29) is 0 Å². The molecule has 2 aliphatic rings. The Morgan fingerprint density at radius 3 is 1.07 bits per heavy atom. The minimum atomic E-state index is -1.36. The average Bonchev–Trinajstić information content (AvgIpc) is 3.56. The zero-order chi connectivity index (χ0) is 30.8. The van der Waals surface area contributed by atoms with Gasteiger partial charge in [-0.1, -0.05) is 97.1 Å². The van der Waals surface area contributed by atoms with E-state index in [1.54, 1.807) is 121 Å². The summed E-state index contributed by atoms with van der Waals surface area (Å²) in [7, 11) is 0. The van der Waals surface area contributed by atoms with Crippen LogP contribution < -0.4 is 10.6 Å². The van der Waals surface area contributed by atoms with Gasteiger partial charge in [0.1, 0.15) is 23.9 Å². The van der Waals surface area contributed by atoms with Crippen molar-refractivity contribution in [1.29, 1.82) is 0 Å². The molecule has 0 saturated carbocycles. The minimum absolute atomic E-state index is 0.458. The van der Waals surface area contributed by atoms with Crippen molar-refractivity contribution < 1.29 is 29.4 Å². The highest BCUT2D eigenvalue weighted by Crippen LogP contribution is 2.55. The number of hydrogen-bond acceptors (Lipinski definition) is 6. The summed E-state index contributed by atoms with van der Waals surface area (Å²) in [5.41, 5.74) is 1.99. The van der Waals surface area contributed by atoms with Crippen molar-refractivity contribution in [3.8, 4) is 0 Å². The van der Waals surface area contributed by atoms with Crippen molar-refractivity contribution in [1.82, 2.24) is 10.0 Å². The smallest absolute Gasteiger partial charge is 0.310 e. The molecule has 0 unspecified atom stereocenters. The normalized spacial score (nSPS) is 24.7. The molecule has 2 fully saturated rings. The molecule has 2 saturated heterocycles. The van der Waals surface area contributed by atoms with Crippen LogP contribution in [0.25, 0.3) is 0 Å². The number of nitrogens with one attached hydrogen (secondary N) is 2. The summed E-state index contributed by atoms with van der Waals surface area (Å²) < 4.78 is 0. The number of nitrogens with zero attached hydrogens (tertiary/aromatic N) is 2. The summed E-state index contributed by atoms with van der Waals surface area (Å²) in [6.07, 6.45) is 0. The predicted octanol–water partition coefficient (Wildman–Crippen LogP) is 4.43. The minimum Gasteiger partial charge on any atom is -0.481 e. The maximum atomic E-state index is 14.2. The molecule has 2 aliphatic heterocycles. The second-order valence-corrected chi connectivity index (χ2v) is 10.8. The quantitative estimate of drug-likeness (QED) is 0.236. The van der Waals surface area contributed by atoms with Gasteiger partial charge in [0.05, 0.1) is 12.1 Å². The first-order chi connectivity index (χ1) is 21.4. The lowest BCUT2D eigenvalue weighted by atomic mass is 9.82. The number of benzene rings is 4. The van der Waals surface area contributed by atoms with Crippen molar-refractivity contribution in [3.05, 3.63) is 132 Å². The summed E-state index contributed by atoms with van der Waals surface area (Å²) in [4.78, 5) is 54.7. The van der Waals surface area contributed by atoms with Crippen LogP contribution in [0.3, 0.4) is 0 Å². The van der Waals surface area contributed by atoms with E-state index in [0.29, 0.717) is 22.5 Å². The number of carboxylic acids is 2. The molecular formula is C34H30N4O6. The summed E-state index contributed by atoms with van der Waals surface area (Å²) >= 11 is 0. The standard InChI is InChI=1S/C34H30N4O6/c39-31(35-23-17-9-3-10-18-23)29-25(33(41)42)27(21-13-5-1-6-14-21)37-30(32(40)36-24-19-11-4-12-20-24)26(34(43)44)28(38(29)37)22-15-7-2-8-16-22/h1-20,25-30H,(H,35,39)(H,36,40)(H,41,42)(H,43,44)/t25-,26-,27+,28+,29+,30+/m0/s1. The van der Waals surface area contributed by atoms with Crippen molar-refractivity contribution in [2.75, 3.05) is 10.6 Å². The number of carboxylic acid groups (broad SMARTS) is 2. The Morgan fingerprint density at radius 1 is 0.477 bits per heavy atom. The van der Waals surface area contributed by atoms with Gasteiger partial charge in [0.15, 0.2) is 0 Å². The number of hydrazine groups is 1. The van der Waals surface area contributed by atoms with Crippen LogP contribution in [0.2, 0.25) is 0 Å². The zero-order valence-corrected chi connectivity index (χ0v) is 23.4. The molecule has 44 heavy (non-hydrogen) atoms. The number of fused-ring (bicyclic) bond motifs is 1. The van der Waals surface area contributed by atoms with Crippen molar-refractivity contribution in [2.24, 2.45) is 11.8 Å². The van der Waals surface area contributed by atoms with Gasteiger partial charge in [0.2, 0.25) is 11.8 Å². The van der Waals surface area contributed by atoms with Crippen molar-refractivity contribution in [3.63, 3.8) is 0 Å². The van der Waals surface area contributed by atoms with Crippen LogP contribution in [0, 0.1) is 11.8 Å². The SMILES string of the molecule is O=C(O)[C@H]1[C@@H](c2ccccc2)N2[C@@H](C(=O)Nc3ccccc3)[C@@H](C(=O)O)[C@@H](c3ccccc3)N2[C@H]1C(=O)Nc1ccccc1. The lowest BCUT2D eigenvalue weighted by Crippen LogP contribution is -2.48. The first-order valence-corrected chi connectivity index (χ1v) is 14.2. The predicted molar refractivity (Wildman–Crippen MR) is 162 cm³/mol. The molecule has 0 aromatic heterocycles. The molecule has 4 aromatic rings. The molecule has 10 heteroatoms. The van der Waals surface area contributed by atoms with E-state index in [4.69, 9.17) is 0 Å². The summed E-state index contributed by atoms with van der Waals surface area (Å²) in [6.45, 7) is 0. The van der Waals surface area contributed by atoms with Crippen LogP contribution in [0.15, 0.2) is 121 Å². The van der Waals surface area contributed by atoms with Gasteiger partial charge in [0, 0.05) is 11.4 Å². The first kappa shape index (κ1) is 28.8. The van der Waals surface area contributed by atoms with Crippen LogP contribution in [0.5, 0.6) is 0 Å². The Kier molecular flexibility index (Phi) is 7.93. The van der Waals surface area contributed by atoms with E-state index < -0.39 is 59.8 Å². The number of amides is 2. The Bertz CT molecular complexity index is 1530. The Hall–Kier alpha value is -5.32. The number of anilines is 2. The number of rotatable bonds is 8. The summed E-state index contributed by atoms with van der Waals surface area (Å²) in [6, 6.07) is 29.9. The van der Waals surface area contributed by atoms with Gasteiger partial charge in [0.25, 0.3) is 0 Å². The number of carbonyl (C=O) groups excluding carboxylic acids is 2. The largest absolute Gasteiger partial charge is 0.481 e. The average molecular weight is 591 g/mol. The molecule has 0 bridgehead atoms. The second kappa shape index (κ2) is 12.1. The van der Waals surface area contributed by atoms with E-state index >= 15 is 0 Å². The molecule has 0 spiro atoms. The number of aliphatic carboxylic acids is 2. The van der Waals surface area contributed by atoms with Gasteiger partial charge < -0.3 is 20.8 Å². The fraction of sp³-hybridized carbons (Fsp3) is 0.176. The number of carbonyl (C=O) groups is 4. The summed E-state index contributed by atoms with van der Waals surface area (Å²) in [5.74, 6) is -6.45. The summed E-state index contributed by atoms with van der Waals surface area (Å²) in [5, 5.41) is 30.2. The van der Waals surface area contributed by atoms with Gasteiger partial charge in [-0.2, -0.15) is 0 Å². The molecule has 10 nitrogen and oxygen atoms in total. The number of para-hydroxylation sites is 2. The molecule has 0 aliphatic carbocycles. The van der Waals surface area contributed by atoms with E-state index in [1.165, 1.54) is 10.0 Å². The molecule has 222 valence electrons. The molecule has 6 rings (SSSR count). The topological polar surface area (TPSA) is 139 Å². The Morgan fingerprint density at radius 2 is 0.773 bits per heavy atom. The van der Waals surface area contributed by atoms with Gasteiger partial charge in [-0.15, -0.1) is 0 Å². The van der Waals surface area contributed by atoms with Crippen LogP contribution >= 0.6 is 0 Å². The highest BCUT2D eigenvalue weighted by molar-refractivity contribution is 6.01. The fourth-order valence-corrected chi connectivity index (χ4v) is 6.53. The lowest BCUT2D eigenvalue weighted by Gasteiger charge is -2.33. The van der Waals surface area contributed by atoms with Crippen LogP contribution in [-0.4, -0.2) is 56.1 Å². The molecular weight excluding hydrogens is 560 g/mol. The fourth-order valence-electron chi connectivity index (χ4n) is 6.53. The number of hydrogen-bond donors (Lipinski definition) is 4. The molecule has 4 aromatic carbocycles. The third-order valence-corrected chi connectivity index (χ3v) is 8.24. The maximum absolute atomic E-state index is 14.2. The van der Waals surface area contributed by atoms with Gasteiger partial charge >= 0.3 is 11.9 Å². The first-order valence-electron chi connectivity index (χ1n) is 14.2. The molecule has 6 atom stereocenters. The third kappa shape index (κ3) is 5.21. The van der Waals surface area contributed by atoms with Gasteiger partial charge in [-0.3, -0.25) is 19.2 Å². The molecule has 4 N–H and O–H groups in total.